The fraction of sp³-hybridized carbons (Fsp3) is 0.429. The standard InChI is InChI=1S/C21H24N2O8S/c1-2-29-21(27)22-15-3-4-16-14(9-19(25)31-17(16)10-15)11-30-20(26)13-32-12-18(24)23-5-7-28-8-6-23/h3-4,9-10H,2,5-8,11-13H2,1H3,(H,22,27). The van der Waals surface area contributed by atoms with Gasteiger partial charge in [0.15, 0.2) is 0 Å². The molecular weight excluding hydrogens is 440 g/mol. The van der Waals surface area contributed by atoms with Crippen molar-refractivity contribution in [1.29, 1.82) is 0 Å². The van der Waals surface area contributed by atoms with Crippen LogP contribution in [0, 0.1) is 0 Å². The summed E-state index contributed by atoms with van der Waals surface area (Å²) in [4.78, 5) is 49.4. The van der Waals surface area contributed by atoms with Crippen molar-refractivity contribution in [2.24, 2.45) is 0 Å². The van der Waals surface area contributed by atoms with Crippen LogP contribution < -0.4 is 10.9 Å². The van der Waals surface area contributed by atoms with Gasteiger partial charge in [-0.25, -0.2) is 9.59 Å². The summed E-state index contributed by atoms with van der Waals surface area (Å²) in [5, 5.41) is 3.10. The van der Waals surface area contributed by atoms with Gasteiger partial charge < -0.3 is 23.5 Å². The van der Waals surface area contributed by atoms with Crippen LogP contribution in [0.25, 0.3) is 11.0 Å². The van der Waals surface area contributed by atoms with Crippen molar-refractivity contribution in [2.45, 2.75) is 13.5 Å². The molecule has 1 aromatic carbocycles. The van der Waals surface area contributed by atoms with Crippen molar-refractivity contribution in [3.63, 3.8) is 0 Å². The zero-order valence-electron chi connectivity index (χ0n) is 17.6. The second-order valence-electron chi connectivity index (χ2n) is 6.79. The number of nitrogens with zero attached hydrogens (tertiary/aromatic N) is 1. The van der Waals surface area contributed by atoms with Crippen LogP contribution in [0.4, 0.5) is 10.5 Å². The molecule has 1 saturated heterocycles. The molecule has 0 bridgehead atoms. The smallest absolute Gasteiger partial charge is 0.411 e. The minimum Gasteiger partial charge on any atom is -0.460 e. The highest BCUT2D eigenvalue weighted by atomic mass is 32.2. The van der Waals surface area contributed by atoms with Gasteiger partial charge in [-0.2, -0.15) is 0 Å². The highest BCUT2D eigenvalue weighted by Gasteiger charge is 2.17. The molecule has 11 heteroatoms. The zero-order chi connectivity index (χ0) is 22.9. The zero-order valence-corrected chi connectivity index (χ0v) is 18.4. The third-order valence-electron chi connectivity index (χ3n) is 4.55. The molecule has 0 radical (unpaired) electrons. The fourth-order valence-corrected chi connectivity index (χ4v) is 3.75. The lowest BCUT2D eigenvalue weighted by molar-refractivity contribution is -0.141. The van der Waals surface area contributed by atoms with E-state index in [1.54, 1.807) is 24.0 Å². The van der Waals surface area contributed by atoms with Gasteiger partial charge in [0.2, 0.25) is 5.91 Å². The topological polar surface area (TPSA) is 124 Å². The molecule has 3 rings (SSSR count). The van der Waals surface area contributed by atoms with Gasteiger partial charge in [-0.05, 0) is 19.1 Å². The van der Waals surface area contributed by atoms with Crippen LogP contribution in [0.3, 0.4) is 0 Å². The van der Waals surface area contributed by atoms with Crippen LogP contribution in [0.15, 0.2) is 33.5 Å². The van der Waals surface area contributed by atoms with Gasteiger partial charge in [0.25, 0.3) is 0 Å². The molecule has 10 nitrogen and oxygen atoms in total. The maximum absolute atomic E-state index is 12.1. The number of anilines is 1. The van der Waals surface area contributed by atoms with Gasteiger partial charge in [0, 0.05) is 41.9 Å². The Morgan fingerprint density at radius 3 is 2.66 bits per heavy atom. The maximum atomic E-state index is 12.1. The number of carbonyl (C=O) groups is 3. The number of carbonyl (C=O) groups excluding carboxylic acids is 3. The molecule has 0 aliphatic carbocycles. The minimum atomic E-state index is -0.621. The van der Waals surface area contributed by atoms with Gasteiger partial charge >= 0.3 is 17.7 Å². The van der Waals surface area contributed by atoms with E-state index in [0.717, 1.165) is 0 Å². The Morgan fingerprint density at radius 1 is 1.12 bits per heavy atom. The van der Waals surface area contributed by atoms with Crippen LogP contribution in [0.5, 0.6) is 0 Å². The second-order valence-corrected chi connectivity index (χ2v) is 7.78. The molecular formula is C21H24N2O8S. The van der Waals surface area contributed by atoms with Crippen LogP contribution in [0.2, 0.25) is 0 Å². The van der Waals surface area contributed by atoms with Crippen LogP contribution in [0.1, 0.15) is 12.5 Å². The summed E-state index contributed by atoms with van der Waals surface area (Å²) in [6.07, 6.45) is -0.621. The summed E-state index contributed by atoms with van der Waals surface area (Å²) >= 11 is 1.18. The number of ether oxygens (including phenoxy) is 3. The Kier molecular flexibility index (Phi) is 8.51. The molecule has 2 amide bonds. The summed E-state index contributed by atoms with van der Waals surface area (Å²) < 4.78 is 20.5. The highest BCUT2D eigenvalue weighted by Crippen LogP contribution is 2.22. The number of nitrogens with one attached hydrogen (secondary N) is 1. The number of rotatable bonds is 8. The number of esters is 1. The Morgan fingerprint density at radius 2 is 1.91 bits per heavy atom. The van der Waals surface area contributed by atoms with Crippen LogP contribution in [-0.4, -0.2) is 67.3 Å². The first kappa shape index (κ1) is 23.6. The molecule has 1 aliphatic heterocycles. The summed E-state index contributed by atoms with van der Waals surface area (Å²) in [5.74, 6) is -0.330. The van der Waals surface area contributed by atoms with Gasteiger partial charge in [-0.15, -0.1) is 11.8 Å². The Balaban J connectivity index is 1.54. The molecule has 2 heterocycles. The van der Waals surface area contributed by atoms with E-state index in [4.69, 9.17) is 18.6 Å². The van der Waals surface area contributed by atoms with Crippen molar-refractivity contribution in [3.8, 4) is 0 Å². The van der Waals surface area contributed by atoms with E-state index < -0.39 is 17.7 Å². The summed E-state index contributed by atoms with van der Waals surface area (Å²) in [7, 11) is 0. The molecule has 32 heavy (non-hydrogen) atoms. The Bertz CT molecular complexity index is 1030. The third-order valence-corrected chi connectivity index (χ3v) is 5.44. The largest absolute Gasteiger partial charge is 0.460 e. The van der Waals surface area contributed by atoms with E-state index >= 15 is 0 Å². The number of hydrogen-bond donors (Lipinski definition) is 1. The lowest BCUT2D eigenvalue weighted by atomic mass is 10.1. The molecule has 2 aromatic rings. The lowest BCUT2D eigenvalue weighted by Gasteiger charge is -2.26. The molecule has 1 fully saturated rings. The quantitative estimate of drug-likeness (QED) is 0.461. The SMILES string of the molecule is CCOC(=O)Nc1ccc2c(COC(=O)CSCC(=O)N3CCOCC3)cc(=O)oc2c1. The molecule has 0 atom stereocenters. The fourth-order valence-electron chi connectivity index (χ4n) is 3.04. The number of fused-ring (bicyclic) bond motifs is 1. The number of thioether (sulfide) groups is 1. The van der Waals surface area contributed by atoms with Gasteiger partial charge in [0.1, 0.15) is 12.2 Å². The van der Waals surface area contributed by atoms with Gasteiger partial charge in [0.05, 0.1) is 31.3 Å². The number of hydrogen-bond acceptors (Lipinski definition) is 9. The number of morpholine rings is 1. The second kappa shape index (κ2) is 11.5. The highest BCUT2D eigenvalue weighted by molar-refractivity contribution is 8.00. The van der Waals surface area contributed by atoms with Crippen molar-refractivity contribution < 1.29 is 33.0 Å². The van der Waals surface area contributed by atoms with E-state index in [-0.39, 0.29) is 36.2 Å². The van der Waals surface area contributed by atoms with E-state index in [9.17, 15) is 19.2 Å². The first-order valence-corrected chi connectivity index (χ1v) is 11.2. The molecule has 0 spiro atoms. The molecule has 1 N–H and O–H groups in total. The number of amides is 2. The van der Waals surface area contributed by atoms with Crippen molar-refractivity contribution >= 4 is 46.4 Å². The van der Waals surface area contributed by atoms with E-state index in [1.807, 2.05) is 0 Å². The maximum Gasteiger partial charge on any atom is 0.411 e. The minimum absolute atomic E-state index is 0.0169. The van der Waals surface area contributed by atoms with E-state index in [2.05, 4.69) is 5.32 Å². The molecule has 0 unspecified atom stereocenters. The van der Waals surface area contributed by atoms with Crippen molar-refractivity contribution in [3.05, 3.63) is 40.2 Å². The Hall–Kier alpha value is -3.05. The number of benzene rings is 1. The van der Waals surface area contributed by atoms with E-state index in [1.165, 1.54) is 23.9 Å². The van der Waals surface area contributed by atoms with E-state index in [0.29, 0.717) is 42.9 Å². The normalized spacial score (nSPS) is 13.6. The monoisotopic (exact) mass is 464 g/mol. The van der Waals surface area contributed by atoms with Crippen molar-refractivity contribution in [2.75, 3.05) is 49.7 Å². The molecule has 1 aliphatic rings. The average Bonchev–Trinajstić information content (AvgIpc) is 2.77. The van der Waals surface area contributed by atoms with Crippen LogP contribution >= 0.6 is 11.8 Å². The summed E-state index contributed by atoms with van der Waals surface area (Å²) in [6.45, 7) is 3.96. The molecule has 0 saturated carbocycles. The predicted octanol–water partition coefficient (Wildman–Crippen LogP) is 2.00. The summed E-state index contributed by atoms with van der Waals surface area (Å²) in [6, 6.07) is 6.02. The summed E-state index contributed by atoms with van der Waals surface area (Å²) in [5.41, 5.74) is 0.502. The third kappa shape index (κ3) is 6.72. The van der Waals surface area contributed by atoms with Gasteiger partial charge in [-0.3, -0.25) is 14.9 Å². The first-order valence-electron chi connectivity index (χ1n) is 10.1. The first-order chi connectivity index (χ1) is 15.5. The average molecular weight is 464 g/mol. The van der Waals surface area contributed by atoms with Crippen molar-refractivity contribution in [1.82, 2.24) is 4.90 Å². The van der Waals surface area contributed by atoms with Gasteiger partial charge in [-0.1, -0.05) is 0 Å². The lowest BCUT2D eigenvalue weighted by Crippen LogP contribution is -2.41. The Labute approximate surface area is 188 Å². The van der Waals surface area contributed by atoms with Crippen LogP contribution in [-0.2, 0) is 30.4 Å². The molecule has 172 valence electrons. The molecule has 1 aromatic heterocycles. The predicted molar refractivity (Wildman–Crippen MR) is 118 cm³/mol.